The van der Waals surface area contributed by atoms with Crippen LogP contribution in [0, 0.1) is 0 Å². The predicted molar refractivity (Wildman–Crippen MR) is 79.8 cm³/mol. The summed E-state index contributed by atoms with van der Waals surface area (Å²) in [5.41, 5.74) is 5.01. The van der Waals surface area contributed by atoms with E-state index in [-0.39, 0.29) is 18.9 Å². The maximum Gasteiger partial charge on any atom is 0.326 e. The van der Waals surface area contributed by atoms with E-state index >= 15 is 0 Å². The maximum atomic E-state index is 12.2. The predicted octanol–water partition coefficient (Wildman–Crippen LogP) is 1.32. The number of hydrogen-bond acceptors (Lipinski definition) is 3. The molecule has 0 radical (unpaired) electrons. The number of aliphatic carboxylic acids is 1. The van der Waals surface area contributed by atoms with Gasteiger partial charge in [0, 0.05) is 19.0 Å². The van der Waals surface area contributed by atoms with Crippen LogP contribution in [0.15, 0.2) is 0 Å². The van der Waals surface area contributed by atoms with Gasteiger partial charge in [-0.15, -0.1) is 0 Å². The van der Waals surface area contributed by atoms with E-state index in [0.717, 1.165) is 19.3 Å². The van der Waals surface area contributed by atoms with E-state index in [1.807, 2.05) is 20.8 Å². The lowest BCUT2D eigenvalue weighted by Crippen LogP contribution is -2.51. The average molecular weight is 301 g/mol. The Morgan fingerprint density at radius 3 is 2.33 bits per heavy atom. The monoisotopic (exact) mass is 301 g/mol. The zero-order valence-electron chi connectivity index (χ0n) is 13.1. The molecule has 0 aliphatic carbocycles. The lowest BCUT2D eigenvalue weighted by Gasteiger charge is -2.30. The Labute approximate surface area is 125 Å². The van der Waals surface area contributed by atoms with Crippen molar-refractivity contribution in [2.75, 3.05) is 6.54 Å². The molecule has 2 unspecified atom stereocenters. The molecule has 7 nitrogen and oxygen atoms in total. The van der Waals surface area contributed by atoms with E-state index < -0.39 is 23.9 Å². The zero-order valence-corrected chi connectivity index (χ0v) is 13.1. The molecule has 4 N–H and O–H groups in total. The number of carboxylic acid groups (broad SMARTS) is 1. The van der Waals surface area contributed by atoms with E-state index in [1.165, 1.54) is 0 Å². The van der Waals surface area contributed by atoms with Gasteiger partial charge in [-0.05, 0) is 26.2 Å². The number of nitrogens with one attached hydrogen (secondary N) is 1. The number of unbranched alkanes of at least 4 members (excludes halogenated alkanes) is 1. The molecule has 2 atom stereocenters. The van der Waals surface area contributed by atoms with Gasteiger partial charge in [0.15, 0.2) is 0 Å². The van der Waals surface area contributed by atoms with Gasteiger partial charge >= 0.3 is 12.0 Å². The summed E-state index contributed by atoms with van der Waals surface area (Å²) < 4.78 is 0. The molecule has 0 saturated heterocycles. The van der Waals surface area contributed by atoms with Crippen LogP contribution in [0.4, 0.5) is 4.79 Å². The van der Waals surface area contributed by atoms with Crippen molar-refractivity contribution in [3.05, 3.63) is 0 Å². The molecule has 0 aliphatic heterocycles. The molecule has 3 amide bonds. The number of carbonyl (C=O) groups excluding carboxylic acids is 2. The third-order valence-corrected chi connectivity index (χ3v) is 3.41. The van der Waals surface area contributed by atoms with Crippen molar-refractivity contribution in [3.8, 4) is 0 Å². The molecule has 0 fully saturated rings. The average Bonchev–Trinajstić information content (AvgIpc) is 2.42. The Morgan fingerprint density at radius 2 is 1.90 bits per heavy atom. The lowest BCUT2D eigenvalue weighted by molar-refractivity contribution is -0.139. The topological polar surface area (TPSA) is 113 Å². The molecule has 0 aromatic carbocycles. The fourth-order valence-corrected chi connectivity index (χ4v) is 1.85. The number of nitrogens with zero attached hydrogens (tertiary/aromatic N) is 1. The molecule has 0 bridgehead atoms. The lowest BCUT2D eigenvalue weighted by atomic mass is 10.1. The highest BCUT2D eigenvalue weighted by atomic mass is 16.4. The molecule has 0 saturated carbocycles. The minimum absolute atomic E-state index is 0.00146. The highest BCUT2D eigenvalue weighted by molar-refractivity contribution is 5.83. The van der Waals surface area contributed by atoms with Crippen LogP contribution >= 0.6 is 0 Å². The van der Waals surface area contributed by atoms with Crippen LogP contribution in [0.2, 0.25) is 0 Å². The minimum atomic E-state index is -1.16. The summed E-state index contributed by atoms with van der Waals surface area (Å²) >= 11 is 0. The van der Waals surface area contributed by atoms with Gasteiger partial charge in [-0.3, -0.25) is 4.79 Å². The van der Waals surface area contributed by atoms with Crippen molar-refractivity contribution >= 4 is 17.9 Å². The van der Waals surface area contributed by atoms with Crippen LogP contribution in [-0.2, 0) is 9.59 Å². The van der Waals surface area contributed by atoms with E-state index in [1.54, 1.807) is 4.90 Å². The second-order valence-corrected chi connectivity index (χ2v) is 5.15. The van der Waals surface area contributed by atoms with Crippen LogP contribution in [-0.4, -0.2) is 46.5 Å². The summed E-state index contributed by atoms with van der Waals surface area (Å²) in [6.07, 6.45) is 2.52. The Kier molecular flexibility index (Phi) is 9.16. The smallest absolute Gasteiger partial charge is 0.326 e. The van der Waals surface area contributed by atoms with Crippen LogP contribution < -0.4 is 11.1 Å². The quantitative estimate of drug-likeness (QED) is 0.564. The molecule has 7 heteroatoms. The van der Waals surface area contributed by atoms with Gasteiger partial charge in [-0.1, -0.05) is 20.3 Å². The highest BCUT2D eigenvalue weighted by Gasteiger charge is 2.25. The van der Waals surface area contributed by atoms with Crippen molar-refractivity contribution in [2.45, 2.75) is 65.0 Å². The summed E-state index contributed by atoms with van der Waals surface area (Å²) in [6, 6.07) is -1.48. The zero-order chi connectivity index (χ0) is 16.4. The van der Waals surface area contributed by atoms with Crippen LogP contribution in [0.3, 0.4) is 0 Å². The number of amides is 3. The van der Waals surface area contributed by atoms with E-state index in [4.69, 9.17) is 10.8 Å². The van der Waals surface area contributed by atoms with Gasteiger partial charge in [0.2, 0.25) is 5.91 Å². The fraction of sp³-hybridized carbons (Fsp3) is 0.786. The fourth-order valence-electron chi connectivity index (χ4n) is 1.85. The van der Waals surface area contributed by atoms with Crippen LogP contribution in [0.25, 0.3) is 0 Å². The third kappa shape index (κ3) is 7.53. The van der Waals surface area contributed by atoms with Crippen molar-refractivity contribution in [1.29, 1.82) is 0 Å². The van der Waals surface area contributed by atoms with E-state index in [2.05, 4.69) is 5.32 Å². The first-order chi connectivity index (χ1) is 9.83. The maximum absolute atomic E-state index is 12.2. The molecule has 0 heterocycles. The largest absolute Gasteiger partial charge is 0.480 e. The summed E-state index contributed by atoms with van der Waals surface area (Å²) in [7, 11) is 0. The first-order valence-electron chi connectivity index (χ1n) is 7.41. The Morgan fingerprint density at radius 1 is 1.29 bits per heavy atom. The first-order valence-corrected chi connectivity index (χ1v) is 7.41. The van der Waals surface area contributed by atoms with Gasteiger partial charge < -0.3 is 21.1 Å². The third-order valence-electron chi connectivity index (χ3n) is 3.41. The van der Waals surface area contributed by atoms with Crippen molar-refractivity contribution < 1.29 is 19.5 Å². The minimum Gasteiger partial charge on any atom is -0.480 e. The normalized spacial score (nSPS) is 13.3. The standard InChI is InChI=1S/C14H27N3O4/c1-4-6-9-17(10(3)5-2)14(21)16-11(13(19)20)7-8-12(15)18/h10-11H,4-9H2,1-3H3,(H2,15,18)(H,16,21)(H,19,20). The summed E-state index contributed by atoms with van der Waals surface area (Å²) in [4.78, 5) is 35.8. The summed E-state index contributed by atoms with van der Waals surface area (Å²) in [6.45, 7) is 6.51. The van der Waals surface area contributed by atoms with Crippen molar-refractivity contribution in [1.82, 2.24) is 10.2 Å². The summed E-state index contributed by atoms with van der Waals surface area (Å²) in [5, 5.41) is 11.6. The summed E-state index contributed by atoms with van der Waals surface area (Å²) in [5.74, 6) is -1.75. The van der Waals surface area contributed by atoms with Gasteiger partial charge in [-0.25, -0.2) is 9.59 Å². The Hall–Kier alpha value is -1.79. The molecular formula is C14H27N3O4. The Balaban J connectivity index is 4.73. The van der Waals surface area contributed by atoms with Gasteiger partial charge in [0.25, 0.3) is 0 Å². The second kappa shape index (κ2) is 10.0. The molecule has 0 aliphatic rings. The second-order valence-electron chi connectivity index (χ2n) is 5.15. The van der Waals surface area contributed by atoms with Gasteiger partial charge in [0.05, 0.1) is 0 Å². The number of carboxylic acids is 1. The molecule has 122 valence electrons. The van der Waals surface area contributed by atoms with Crippen molar-refractivity contribution in [2.24, 2.45) is 5.73 Å². The van der Waals surface area contributed by atoms with Gasteiger partial charge in [-0.2, -0.15) is 0 Å². The molecule has 0 rings (SSSR count). The van der Waals surface area contributed by atoms with E-state index in [9.17, 15) is 14.4 Å². The molecular weight excluding hydrogens is 274 g/mol. The molecule has 21 heavy (non-hydrogen) atoms. The van der Waals surface area contributed by atoms with Crippen LogP contribution in [0.5, 0.6) is 0 Å². The number of nitrogens with two attached hydrogens (primary N) is 1. The number of primary amides is 1. The SMILES string of the molecule is CCCCN(C(=O)NC(CCC(N)=O)C(=O)O)C(C)CC. The first kappa shape index (κ1) is 19.2. The van der Waals surface area contributed by atoms with Gasteiger partial charge in [0.1, 0.15) is 6.04 Å². The highest BCUT2D eigenvalue weighted by Crippen LogP contribution is 2.08. The molecule has 0 spiro atoms. The van der Waals surface area contributed by atoms with Crippen molar-refractivity contribution in [3.63, 3.8) is 0 Å². The Bertz CT molecular complexity index is 360. The number of rotatable bonds is 10. The molecule has 0 aromatic rings. The number of hydrogen-bond donors (Lipinski definition) is 3. The van der Waals surface area contributed by atoms with E-state index in [0.29, 0.717) is 6.54 Å². The van der Waals surface area contributed by atoms with Crippen LogP contribution in [0.1, 0.15) is 52.9 Å². The molecule has 0 aromatic heterocycles. The number of carbonyl (C=O) groups is 3. The number of urea groups is 1.